The molecule has 92 valence electrons. The van der Waals surface area contributed by atoms with Crippen LogP contribution in [0.4, 0.5) is 5.82 Å². The summed E-state index contributed by atoms with van der Waals surface area (Å²) in [6.45, 7) is 1.83. The molecular formula is C12H10BrN3O2. The molecule has 0 aromatic carbocycles. The molecule has 0 saturated carbocycles. The number of amides is 1. The fourth-order valence-electron chi connectivity index (χ4n) is 1.41. The number of hydrogen-bond donors (Lipinski definition) is 2. The van der Waals surface area contributed by atoms with Crippen molar-refractivity contribution >= 4 is 27.7 Å². The number of nitrogens with zero attached hydrogens (tertiary/aromatic N) is 2. The first kappa shape index (κ1) is 12.5. The Balaban J connectivity index is 2.24. The van der Waals surface area contributed by atoms with Crippen molar-refractivity contribution in [2.45, 2.75) is 6.92 Å². The van der Waals surface area contributed by atoms with E-state index in [4.69, 9.17) is 0 Å². The van der Waals surface area contributed by atoms with Gasteiger partial charge in [-0.25, -0.2) is 9.97 Å². The molecule has 0 saturated heterocycles. The average Bonchev–Trinajstić information content (AvgIpc) is 2.33. The minimum atomic E-state index is -0.494. The number of halogens is 1. The van der Waals surface area contributed by atoms with Crippen LogP contribution in [-0.2, 0) is 0 Å². The Hall–Kier alpha value is -1.95. The van der Waals surface area contributed by atoms with Gasteiger partial charge in [0.1, 0.15) is 11.6 Å². The second kappa shape index (κ2) is 5.14. The summed E-state index contributed by atoms with van der Waals surface area (Å²) in [6, 6.07) is 4.79. The van der Waals surface area contributed by atoms with E-state index in [1.54, 1.807) is 12.3 Å². The topological polar surface area (TPSA) is 75.1 Å². The Morgan fingerprint density at radius 2 is 2.22 bits per heavy atom. The summed E-state index contributed by atoms with van der Waals surface area (Å²) in [5.74, 6) is -0.218. The van der Waals surface area contributed by atoms with Crippen LogP contribution in [0.15, 0.2) is 35.1 Å². The highest BCUT2D eigenvalue weighted by Crippen LogP contribution is 2.19. The molecule has 2 aromatic heterocycles. The van der Waals surface area contributed by atoms with Crippen molar-refractivity contribution in [2.75, 3.05) is 5.32 Å². The molecule has 6 heteroatoms. The SMILES string of the molecule is Cc1cc(Br)cnc1NC(=O)c1ncccc1O. The van der Waals surface area contributed by atoms with Gasteiger partial charge in [-0.15, -0.1) is 0 Å². The first-order valence-corrected chi connectivity index (χ1v) is 5.94. The first-order valence-electron chi connectivity index (χ1n) is 5.15. The van der Waals surface area contributed by atoms with E-state index in [2.05, 4.69) is 31.2 Å². The zero-order valence-electron chi connectivity index (χ0n) is 9.51. The summed E-state index contributed by atoms with van der Waals surface area (Å²) in [4.78, 5) is 19.8. The number of aryl methyl sites for hydroxylation is 1. The van der Waals surface area contributed by atoms with Crippen LogP contribution in [-0.4, -0.2) is 21.0 Å². The Morgan fingerprint density at radius 3 is 2.89 bits per heavy atom. The minimum Gasteiger partial charge on any atom is -0.505 e. The van der Waals surface area contributed by atoms with Crippen LogP contribution in [0.1, 0.15) is 16.1 Å². The van der Waals surface area contributed by atoms with E-state index in [-0.39, 0.29) is 11.4 Å². The van der Waals surface area contributed by atoms with Gasteiger partial charge in [-0.2, -0.15) is 0 Å². The molecule has 0 bridgehead atoms. The lowest BCUT2D eigenvalue weighted by Gasteiger charge is -2.07. The maximum atomic E-state index is 11.9. The predicted octanol–water partition coefficient (Wildman–Crippen LogP) is 2.51. The van der Waals surface area contributed by atoms with E-state index in [0.29, 0.717) is 5.82 Å². The van der Waals surface area contributed by atoms with Gasteiger partial charge in [-0.05, 0) is 46.6 Å². The molecule has 5 nitrogen and oxygen atoms in total. The van der Waals surface area contributed by atoms with E-state index in [1.807, 2.05) is 13.0 Å². The number of anilines is 1. The van der Waals surface area contributed by atoms with E-state index < -0.39 is 5.91 Å². The van der Waals surface area contributed by atoms with Crippen molar-refractivity contribution in [1.82, 2.24) is 9.97 Å². The van der Waals surface area contributed by atoms with E-state index in [0.717, 1.165) is 10.0 Å². The fourth-order valence-corrected chi connectivity index (χ4v) is 1.86. The molecule has 2 heterocycles. The van der Waals surface area contributed by atoms with Gasteiger partial charge >= 0.3 is 0 Å². The number of hydrogen-bond acceptors (Lipinski definition) is 4. The lowest BCUT2D eigenvalue weighted by Crippen LogP contribution is -2.15. The number of nitrogens with one attached hydrogen (secondary N) is 1. The molecule has 2 aromatic rings. The molecule has 0 unspecified atom stereocenters. The van der Waals surface area contributed by atoms with Gasteiger partial charge in [-0.1, -0.05) is 0 Å². The number of aromatic hydroxyl groups is 1. The van der Waals surface area contributed by atoms with E-state index in [9.17, 15) is 9.90 Å². The lowest BCUT2D eigenvalue weighted by atomic mass is 10.2. The number of rotatable bonds is 2. The van der Waals surface area contributed by atoms with Crippen molar-refractivity contribution in [3.63, 3.8) is 0 Å². The van der Waals surface area contributed by atoms with Crippen molar-refractivity contribution in [2.24, 2.45) is 0 Å². The number of aromatic nitrogens is 2. The van der Waals surface area contributed by atoms with Gasteiger partial charge in [0.25, 0.3) is 5.91 Å². The van der Waals surface area contributed by atoms with Crippen LogP contribution >= 0.6 is 15.9 Å². The molecule has 18 heavy (non-hydrogen) atoms. The summed E-state index contributed by atoms with van der Waals surface area (Å²) in [5.41, 5.74) is 0.787. The van der Waals surface area contributed by atoms with Crippen LogP contribution in [0, 0.1) is 6.92 Å². The quantitative estimate of drug-likeness (QED) is 0.894. The highest BCUT2D eigenvalue weighted by Gasteiger charge is 2.13. The molecule has 2 rings (SSSR count). The maximum Gasteiger partial charge on any atom is 0.279 e. The molecule has 0 aliphatic carbocycles. The van der Waals surface area contributed by atoms with Crippen LogP contribution in [0.3, 0.4) is 0 Å². The Morgan fingerprint density at radius 1 is 1.44 bits per heavy atom. The zero-order chi connectivity index (χ0) is 13.1. The molecule has 2 N–H and O–H groups in total. The van der Waals surface area contributed by atoms with Gasteiger partial charge in [0.2, 0.25) is 0 Å². The smallest absolute Gasteiger partial charge is 0.279 e. The second-order valence-electron chi connectivity index (χ2n) is 3.64. The lowest BCUT2D eigenvalue weighted by molar-refractivity contribution is 0.101. The molecule has 0 aliphatic rings. The van der Waals surface area contributed by atoms with Gasteiger partial charge in [0.15, 0.2) is 5.69 Å². The normalized spacial score (nSPS) is 10.1. The Labute approximate surface area is 112 Å². The summed E-state index contributed by atoms with van der Waals surface area (Å²) < 4.78 is 0.832. The van der Waals surface area contributed by atoms with Gasteiger partial charge in [0, 0.05) is 16.9 Å². The molecule has 0 aliphatic heterocycles. The Bertz CT molecular complexity index is 602. The minimum absolute atomic E-state index is 0.0263. The van der Waals surface area contributed by atoms with Crippen molar-refractivity contribution in [3.8, 4) is 5.75 Å². The Kier molecular flexibility index (Phi) is 3.57. The van der Waals surface area contributed by atoms with E-state index in [1.165, 1.54) is 12.3 Å². The third-order valence-corrected chi connectivity index (χ3v) is 2.71. The van der Waals surface area contributed by atoms with E-state index >= 15 is 0 Å². The van der Waals surface area contributed by atoms with Crippen LogP contribution in [0.25, 0.3) is 0 Å². The summed E-state index contributed by atoms with van der Waals surface area (Å²) >= 11 is 3.29. The molecule has 1 amide bonds. The van der Waals surface area contributed by atoms with Crippen LogP contribution < -0.4 is 5.32 Å². The monoisotopic (exact) mass is 307 g/mol. The third-order valence-electron chi connectivity index (χ3n) is 2.28. The van der Waals surface area contributed by atoms with Crippen molar-refractivity contribution in [3.05, 3.63) is 46.3 Å². The summed E-state index contributed by atoms with van der Waals surface area (Å²) in [6.07, 6.45) is 3.03. The second-order valence-corrected chi connectivity index (χ2v) is 4.56. The fraction of sp³-hybridized carbons (Fsp3) is 0.0833. The van der Waals surface area contributed by atoms with Crippen LogP contribution in [0.2, 0.25) is 0 Å². The molecule has 0 fully saturated rings. The number of pyridine rings is 2. The standard InChI is InChI=1S/C12H10BrN3O2/c1-7-5-8(13)6-15-11(7)16-12(18)10-9(17)3-2-4-14-10/h2-6,17H,1H3,(H,15,16,18). The number of carbonyl (C=O) groups is 1. The van der Waals surface area contributed by atoms with Crippen LogP contribution in [0.5, 0.6) is 5.75 Å². The largest absolute Gasteiger partial charge is 0.505 e. The van der Waals surface area contributed by atoms with Gasteiger partial charge in [0.05, 0.1) is 0 Å². The number of carbonyl (C=O) groups excluding carboxylic acids is 1. The third kappa shape index (κ3) is 2.65. The van der Waals surface area contributed by atoms with Crippen molar-refractivity contribution < 1.29 is 9.90 Å². The summed E-state index contributed by atoms with van der Waals surface area (Å²) in [7, 11) is 0. The molecule has 0 spiro atoms. The predicted molar refractivity (Wildman–Crippen MR) is 70.5 cm³/mol. The molecule has 0 radical (unpaired) electrons. The highest BCUT2D eigenvalue weighted by atomic mass is 79.9. The zero-order valence-corrected chi connectivity index (χ0v) is 11.1. The highest BCUT2D eigenvalue weighted by molar-refractivity contribution is 9.10. The first-order chi connectivity index (χ1) is 8.58. The molecule has 0 atom stereocenters. The van der Waals surface area contributed by atoms with Gasteiger partial charge in [-0.3, -0.25) is 4.79 Å². The summed E-state index contributed by atoms with van der Waals surface area (Å²) in [5, 5.41) is 12.1. The maximum absolute atomic E-state index is 11.9. The van der Waals surface area contributed by atoms with Crippen molar-refractivity contribution in [1.29, 1.82) is 0 Å². The van der Waals surface area contributed by atoms with Gasteiger partial charge < -0.3 is 10.4 Å². The molecular weight excluding hydrogens is 298 g/mol. The average molecular weight is 308 g/mol.